The molecule has 0 fully saturated rings. The van der Waals surface area contributed by atoms with E-state index in [0.717, 1.165) is 11.0 Å². The van der Waals surface area contributed by atoms with Gasteiger partial charge in [0.05, 0.1) is 16.1 Å². The maximum atomic E-state index is 9.90. The van der Waals surface area contributed by atoms with Crippen molar-refractivity contribution in [3.63, 3.8) is 0 Å². The Kier molecular flexibility index (Phi) is 3.57. The molecule has 3 rings (SSSR count). The average molecular weight is 320 g/mol. The molecule has 1 N–H and O–H groups in total. The third kappa shape index (κ3) is 2.60. The first-order valence-electron chi connectivity index (χ1n) is 6.20. The van der Waals surface area contributed by atoms with Gasteiger partial charge in [0, 0.05) is 23.8 Å². The summed E-state index contributed by atoms with van der Waals surface area (Å²) in [4.78, 5) is 8.73. The Morgan fingerprint density at radius 2 is 2.00 bits per heavy atom. The molecule has 106 valence electrons. The number of phenolic OH excluding ortho intramolecular Hbond substituents is 1. The van der Waals surface area contributed by atoms with Crippen molar-refractivity contribution in [3.05, 3.63) is 52.0 Å². The van der Waals surface area contributed by atoms with E-state index in [1.807, 2.05) is 35.9 Å². The molecular formula is C15H11Cl2N3O. The standard InChI is InChI=1S/C15H11Cl2N3O/c1-20-13-5-3-2-4-12(13)19-15(20)18-8-9-6-10(16)7-11(17)14(9)21/h2-8,21H,1H3/b18-8+. The summed E-state index contributed by atoms with van der Waals surface area (Å²) in [5.41, 5.74) is 2.29. The van der Waals surface area contributed by atoms with E-state index in [1.54, 1.807) is 6.07 Å². The van der Waals surface area contributed by atoms with Gasteiger partial charge in [0.25, 0.3) is 0 Å². The Balaban J connectivity index is 2.04. The summed E-state index contributed by atoms with van der Waals surface area (Å²) in [6.45, 7) is 0. The highest BCUT2D eigenvalue weighted by Gasteiger charge is 2.08. The van der Waals surface area contributed by atoms with Crippen LogP contribution in [-0.4, -0.2) is 20.9 Å². The van der Waals surface area contributed by atoms with Crippen LogP contribution in [-0.2, 0) is 7.05 Å². The predicted molar refractivity (Wildman–Crippen MR) is 86.1 cm³/mol. The second-order valence-electron chi connectivity index (χ2n) is 4.54. The minimum Gasteiger partial charge on any atom is -0.506 e. The third-order valence-electron chi connectivity index (χ3n) is 3.14. The summed E-state index contributed by atoms with van der Waals surface area (Å²) in [7, 11) is 1.88. The maximum Gasteiger partial charge on any atom is 0.230 e. The molecule has 0 unspecified atom stereocenters. The van der Waals surface area contributed by atoms with E-state index >= 15 is 0 Å². The van der Waals surface area contributed by atoms with E-state index in [9.17, 15) is 5.11 Å². The van der Waals surface area contributed by atoms with Gasteiger partial charge in [-0.25, -0.2) is 9.98 Å². The lowest BCUT2D eigenvalue weighted by Crippen LogP contribution is -1.88. The highest BCUT2D eigenvalue weighted by molar-refractivity contribution is 6.36. The number of hydrogen-bond acceptors (Lipinski definition) is 3. The van der Waals surface area contributed by atoms with Crippen molar-refractivity contribution in [2.45, 2.75) is 0 Å². The molecule has 0 bridgehead atoms. The number of para-hydroxylation sites is 2. The smallest absolute Gasteiger partial charge is 0.230 e. The van der Waals surface area contributed by atoms with Crippen molar-refractivity contribution in [3.8, 4) is 5.75 Å². The number of rotatable bonds is 2. The van der Waals surface area contributed by atoms with Crippen LogP contribution >= 0.6 is 23.2 Å². The fraction of sp³-hybridized carbons (Fsp3) is 0.0667. The number of hydrogen-bond donors (Lipinski definition) is 1. The molecule has 1 heterocycles. The zero-order valence-corrected chi connectivity index (χ0v) is 12.6. The van der Waals surface area contributed by atoms with Gasteiger partial charge in [-0.1, -0.05) is 35.3 Å². The molecule has 0 aliphatic heterocycles. The summed E-state index contributed by atoms with van der Waals surface area (Å²) in [5.74, 6) is 0.482. The SMILES string of the molecule is Cn1c(/N=C/c2cc(Cl)cc(Cl)c2O)nc2ccccc21. The van der Waals surface area contributed by atoms with Crippen molar-refractivity contribution < 1.29 is 5.11 Å². The van der Waals surface area contributed by atoms with Crippen LogP contribution in [0, 0.1) is 0 Å². The zero-order valence-electron chi connectivity index (χ0n) is 11.1. The zero-order chi connectivity index (χ0) is 15.0. The third-order valence-corrected chi connectivity index (χ3v) is 3.65. The molecule has 0 saturated carbocycles. The summed E-state index contributed by atoms with van der Waals surface area (Å²) in [5, 5.41) is 10.5. The molecule has 6 heteroatoms. The van der Waals surface area contributed by atoms with Crippen LogP contribution < -0.4 is 0 Å². The summed E-state index contributed by atoms with van der Waals surface area (Å²) < 4.78 is 1.87. The molecule has 0 atom stereocenters. The van der Waals surface area contributed by atoms with Crippen LogP contribution in [0.4, 0.5) is 5.95 Å². The number of aliphatic imine (C=N–C) groups is 1. The Morgan fingerprint density at radius 3 is 2.76 bits per heavy atom. The number of aromatic nitrogens is 2. The van der Waals surface area contributed by atoms with E-state index in [0.29, 0.717) is 16.5 Å². The molecular weight excluding hydrogens is 309 g/mol. The Hall–Kier alpha value is -2.04. The van der Waals surface area contributed by atoms with Gasteiger partial charge in [0.2, 0.25) is 5.95 Å². The van der Waals surface area contributed by atoms with Crippen LogP contribution in [0.1, 0.15) is 5.56 Å². The van der Waals surface area contributed by atoms with Crippen molar-refractivity contribution in [1.82, 2.24) is 9.55 Å². The lowest BCUT2D eigenvalue weighted by atomic mass is 10.2. The fourth-order valence-corrected chi connectivity index (χ4v) is 2.57. The van der Waals surface area contributed by atoms with Gasteiger partial charge in [-0.2, -0.15) is 0 Å². The number of nitrogens with zero attached hydrogens (tertiary/aromatic N) is 3. The van der Waals surface area contributed by atoms with Crippen LogP contribution in [0.2, 0.25) is 10.0 Å². The summed E-state index contributed by atoms with van der Waals surface area (Å²) in [6.07, 6.45) is 1.49. The normalized spacial score (nSPS) is 11.6. The molecule has 4 nitrogen and oxygen atoms in total. The largest absolute Gasteiger partial charge is 0.506 e. The highest BCUT2D eigenvalue weighted by atomic mass is 35.5. The van der Waals surface area contributed by atoms with Crippen LogP contribution in [0.25, 0.3) is 11.0 Å². The number of aryl methyl sites for hydroxylation is 1. The van der Waals surface area contributed by atoms with Crippen molar-refractivity contribution in [2.75, 3.05) is 0 Å². The number of halogens is 2. The molecule has 0 spiro atoms. The minimum absolute atomic E-state index is 0.0522. The van der Waals surface area contributed by atoms with Gasteiger partial charge >= 0.3 is 0 Å². The quantitative estimate of drug-likeness (QED) is 0.714. The van der Waals surface area contributed by atoms with Crippen molar-refractivity contribution >= 4 is 46.4 Å². The Bertz CT molecular complexity index is 855. The monoisotopic (exact) mass is 319 g/mol. The van der Waals surface area contributed by atoms with Crippen molar-refractivity contribution in [1.29, 1.82) is 0 Å². The second-order valence-corrected chi connectivity index (χ2v) is 5.39. The van der Waals surface area contributed by atoms with E-state index in [1.165, 1.54) is 12.3 Å². The predicted octanol–water partition coefficient (Wildman–Crippen LogP) is 4.34. The second kappa shape index (κ2) is 5.39. The summed E-state index contributed by atoms with van der Waals surface area (Å²) >= 11 is 11.8. The lowest BCUT2D eigenvalue weighted by Gasteiger charge is -2.02. The van der Waals surface area contributed by atoms with Gasteiger partial charge in [-0.3, -0.25) is 0 Å². The summed E-state index contributed by atoms with van der Waals surface area (Å²) in [6, 6.07) is 10.8. The highest BCUT2D eigenvalue weighted by Crippen LogP contribution is 2.30. The topological polar surface area (TPSA) is 50.4 Å². The first-order valence-corrected chi connectivity index (χ1v) is 6.95. The number of aromatic hydroxyl groups is 1. The van der Waals surface area contributed by atoms with E-state index in [2.05, 4.69) is 9.98 Å². The molecule has 3 aromatic rings. The molecule has 0 amide bonds. The molecule has 0 saturated heterocycles. The van der Waals surface area contributed by atoms with Gasteiger partial charge in [0.15, 0.2) is 0 Å². The van der Waals surface area contributed by atoms with Gasteiger partial charge in [-0.05, 0) is 24.3 Å². The number of phenols is 1. The first kappa shape index (κ1) is 13.9. The maximum absolute atomic E-state index is 9.90. The molecule has 0 aliphatic carbocycles. The molecule has 21 heavy (non-hydrogen) atoms. The number of benzene rings is 2. The molecule has 0 radical (unpaired) electrons. The fourth-order valence-electron chi connectivity index (χ4n) is 2.06. The lowest BCUT2D eigenvalue weighted by molar-refractivity contribution is 0.475. The van der Waals surface area contributed by atoms with Crippen LogP contribution in [0.15, 0.2) is 41.4 Å². The minimum atomic E-state index is -0.0522. The number of imidazole rings is 1. The number of fused-ring (bicyclic) bond motifs is 1. The van der Waals surface area contributed by atoms with E-state index < -0.39 is 0 Å². The van der Waals surface area contributed by atoms with Crippen LogP contribution in [0.3, 0.4) is 0 Å². The Morgan fingerprint density at radius 1 is 1.24 bits per heavy atom. The van der Waals surface area contributed by atoms with Gasteiger partial charge < -0.3 is 9.67 Å². The van der Waals surface area contributed by atoms with Crippen molar-refractivity contribution in [2.24, 2.45) is 12.0 Å². The molecule has 1 aromatic heterocycles. The first-order chi connectivity index (χ1) is 10.1. The van der Waals surface area contributed by atoms with E-state index in [-0.39, 0.29) is 10.8 Å². The molecule has 0 aliphatic rings. The van der Waals surface area contributed by atoms with E-state index in [4.69, 9.17) is 23.2 Å². The van der Waals surface area contributed by atoms with Gasteiger partial charge in [-0.15, -0.1) is 0 Å². The molecule has 2 aromatic carbocycles. The van der Waals surface area contributed by atoms with Crippen LogP contribution in [0.5, 0.6) is 5.75 Å². The Labute approximate surface area is 131 Å². The van der Waals surface area contributed by atoms with Gasteiger partial charge in [0.1, 0.15) is 5.75 Å². The average Bonchev–Trinajstić information content (AvgIpc) is 2.78.